The standard InChI is InChI=1S/C15H19N5O2/c1-10-16-14(22-18-10)9-19-6-11(7-19)8-20-15(21)5-12-3-2-4-13(12)17-20/h5,11H,2-4,6-9H2,1H3. The first kappa shape index (κ1) is 13.6. The van der Waals surface area contributed by atoms with Crippen LogP contribution in [0, 0.1) is 12.8 Å². The van der Waals surface area contributed by atoms with E-state index in [-0.39, 0.29) is 5.56 Å². The molecule has 0 aromatic carbocycles. The second-order valence-corrected chi connectivity index (χ2v) is 6.29. The van der Waals surface area contributed by atoms with Crippen LogP contribution in [-0.4, -0.2) is 37.9 Å². The van der Waals surface area contributed by atoms with Crippen LogP contribution in [0.3, 0.4) is 0 Å². The third kappa shape index (κ3) is 2.56. The van der Waals surface area contributed by atoms with Crippen molar-refractivity contribution < 1.29 is 4.52 Å². The Morgan fingerprint density at radius 2 is 2.23 bits per heavy atom. The average molecular weight is 301 g/mol. The molecule has 1 aliphatic carbocycles. The van der Waals surface area contributed by atoms with E-state index in [1.165, 1.54) is 0 Å². The van der Waals surface area contributed by atoms with Gasteiger partial charge >= 0.3 is 0 Å². The number of hydrogen-bond donors (Lipinski definition) is 0. The lowest BCUT2D eigenvalue weighted by atomic mass is 10.0. The van der Waals surface area contributed by atoms with E-state index < -0.39 is 0 Å². The maximum atomic E-state index is 12.1. The van der Waals surface area contributed by atoms with Crippen molar-refractivity contribution in [2.45, 2.75) is 39.3 Å². The highest BCUT2D eigenvalue weighted by atomic mass is 16.5. The van der Waals surface area contributed by atoms with Crippen molar-refractivity contribution in [2.75, 3.05) is 13.1 Å². The monoisotopic (exact) mass is 301 g/mol. The van der Waals surface area contributed by atoms with E-state index in [2.05, 4.69) is 20.1 Å². The Kier molecular flexibility index (Phi) is 3.29. The van der Waals surface area contributed by atoms with Crippen LogP contribution < -0.4 is 5.56 Å². The van der Waals surface area contributed by atoms with Crippen molar-refractivity contribution in [3.05, 3.63) is 39.4 Å². The van der Waals surface area contributed by atoms with E-state index in [0.717, 1.165) is 43.6 Å². The highest BCUT2D eigenvalue weighted by molar-refractivity contribution is 5.22. The zero-order chi connectivity index (χ0) is 15.1. The number of aromatic nitrogens is 4. The van der Waals surface area contributed by atoms with Crippen LogP contribution in [0.1, 0.15) is 29.4 Å². The first-order valence-corrected chi connectivity index (χ1v) is 7.79. The van der Waals surface area contributed by atoms with Gasteiger partial charge in [-0.3, -0.25) is 9.69 Å². The summed E-state index contributed by atoms with van der Waals surface area (Å²) in [7, 11) is 0. The quantitative estimate of drug-likeness (QED) is 0.821. The van der Waals surface area contributed by atoms with Crippen LogP contribution in [-0.2, 0) is 25.9 Å². The van der Waals surface area contributed by atoms with Gasteiger partial charge in [-0.1, -0.05) is 5.16 Å². The Bertz CT molecular complexity index is 745. The summed E-state index contributed by atoms with van der Waals surface area (Å²) in [6.45, 7) is 5.08. The predicted molar refractivity (Wildman–Crippen MR) is 78.3 cm³/mol. The van der Waals surface area contributed by atoms with E-state index in [9.17, 15) is 4.79 Å². The predicted octanol–water partition coefficient (Wildman–Crippen LogP) is 0.555. The fourth-order valence-electron chi connectivity index (χ4n) is 3.33. The van der Waals surface area contributed by atoms with E-state index in [1.54, 1.807) is 10.7 Å². The van der Waals surface area contributed by atoms with Crippen LogP contribution in [0.25, 0.3) is 0 Å². The minimum absolute atomic E-state index is 0.0339. The molecule has 0 unspecified atom stereocenters. The van der Waals surface area contributed by atoms with Crippen molar-refractivity contribution in [3.63, 3.8) is 0 Å². The van der Waals surface area contributed by atoms with Crippen molar-refractivity contribution in [1.82, 2.24) is 24.8 Å². The minimum Gasteiger partial charge on any atom is -0.338 e. The topological polar surface area (TPSA) is 77.0 Å². The smallest absolute Gasteiger partial charge is 0.267 e. The van der Waals surface area contributed by atoms with Gasteiger partial charge in [0.05, 0.1) is 18.8 Å². The van der Waals surface area contributed by atoms with Gasteiger partial charge in [0.2, 0.25) is 5.89 Å². The summed E-state index contributed by atoms with van der Waals surface area (Å²) in [6, 6.07) is 1.77. The van der Waals surface area contributed by atoms with Crippen LogP contribution in [0.15, 0.2) is 15.4 Å². The van der Waals surface area contributed by atoms with Gasteiger partial charge in [-0.25, -0.2) is 4.68 Å². The van der Waals surface area contributed by atoms with Crippen molar-refractivity contribution in [2.24, 2.45) is 5.92 Å². The van der Waals surface area contributed by atoms with E-state index in [1.807, 2.05) is 6.92 Å². The molecule has 1 aliphatic heterocycles. The number of hydrogen-bond acceptors (Lipinski definition) is 6. The van der Waals surface area contributed by atoms with Crippen LogP contribution >= 0.6 is 0 Å². The summed E-state index contributed by atoms with van der Waals surface area (Å²) < 4.78 is 6.77. The van der Waals surface area contributed by atoms with Gasteiger partial charge in [-0.15, -0.1) is 0 Å². The van der Waals surface area contributed by atoms with Crippen LogP contribution in [0.4, 0.5) is 0 Å². The fraction of sp³-hybridized carbons (Fsp3) is 0.600. The summed E-state index contributed by atoms with van der Waals surface area (Å²) in [5.74, 6) is 1.79. The van der Waals surface area contributed by atoms with E-state index in [4.69, 9.17) is 4.52 Å². The number of nitrogens with zero attached hydrogens (tertiary/aromatic N) is 5. The van der Waals surface area contributed by atoms with Gasteiger partial charge in [0.1, 0.15) is 0 Å². The number of likely N-dealkylation sites (tertiary alicyclic amines) is 1. The Balaban J connectivity index is 1.35. The third-order valence-corrected chi connectivity index (χ3v) is 4.42. The Labute approximate surface area is 127 Å². The molecule has 22 heavy (non-hydrogen) atoms. The lowest BCUT2D eigenvalue weighted by Crippen LogP contribution is -2.49. The summed E-state index contributed by atoms with van der Waals surface area (Å²) >= 11 is 0. The molecule has 0 saturated carbocycles. The van der Waals surface area contributed by atoms with Gasteiger partial charge in [-0.2, -0.15) is 10.1 Å². The van der Waals surface area contributed by atoms with Crippen molar-refractivity contribution in [3.8, 4) is 0 Å². The maximum Gasteiger partial charge on any atom is 0.267 e. The minimum atomic E-state index is 0.0339. The number of fused-ring (bicyclic) bond motifs is 1. The molecule has 2 aromatic heterocycles. The molecule has 7 heteroatoms. The van der Waals surface area contributed by atoms with Gasteiger partial charge in [-0.05, 0) is 31.7 Å². The van der Waals surface area contributed by atoms with Gasteiger partial charge in [0.25, 0.3) is 5.56 Å². The Morgan fingerprint density at radius 1 is 1.36 bits per heavy atom. The zero-order valence-electron chi connectivity index (χ0n) is 12.7. The molecule has 2 aromatic rings. The summed E-state index contributed by atoms with van der Waals surface area (Å²) in [6.07, 6.45) is 3.12. The SMILES string of the molecule is Cc1noc(CN2CC(Cn3nc4c(cc3=O)CCC4)C2)n1. The first-order valence-electron chi connectivity index (χ1n) is 7.79. The molecule has 7 nitrogen and oxygen atoms in total. The third-order valence-electron chi connectivity index (χ3n) is 4.42. The summed E-state index contributed by atoms with van der Waals surface area (Å²) in [5.41, 5.74) is 2.28. The molecule has 3 heterocycles. The van der Waals surface area contributed by atoms with E-state index in [0.29, 0.717) is 30.7 Å². The maximum absolute atomic E-state index is 12.1. The molecule has 0 spiro atoms. The summed E-state index contributed by atoms with van der Waals surface area (Å²) in [5, 5.41) is 8.32. The zero-order valence-corrected chi connectivity index (χ0v) is 12.7. The molecule has 0 amide bonds. The van der Waals surface area contributed by atoms with Crippen molar-refractivity contribution >= 4 is 0 Å². The molecule has 116 valence electrons. The molecule has 0 bridgehead atoms. The molecule has 1 fully saturated rings. The van der Waals surface area contributed by atoms with Crippen molar-refractivity contribution in [1.29, 1.82) is 0 Å². The molecule has 2 aliphatic rings. The lowest BCUT2D eigenvalue weighted by Gasteiger charge is -2.38. The fourth-order valence-corrected chi connectivity index (χ4v) is 3.33. The number of aryl methyl sites for hydroxylation is 3. The average Bonchev–Trinajstić information content (AvgIpc) is 3.05. The largest absolute Gasteiger partial charge is 0.338 e. The lowest BCUT2D eigenvalue weighted by molar-refractivity contribution is 0.0657. The first-order chi connectivity index (χ1) is 10.7. The van der Waals surface area contributed by atoms with Gasteiger partial charge in [0.15, 0.2) is 5.82 Å². The molecular formula is C15H19N5O2. The van der Waals surface area contributed by atoms with Gasteiger partial charge in [0, 0.05) is 25.1 Å². The summed E-state index contributed by atoms with van der Waals surface area (Å²) in [4.78, 5) is 18.5. The Hall–Kier alpha value is -2.02. The molecular weight excluding hydrogens is 282 g/mol. The second kappa shape index (κ2) is 5.31. The Morgan fingerprint density at radius 3 is 3.00 bits per heavy atom. The molecule has 0 radical (unpaired) electrons. The van der Waals surface area contributed by atoms with E-state index >= 15 is 0 Å². The highest BCUT2D eigenvalue weighted by Gasteiger charge is 2.29. The molecule has 1 saturated heterocycles. The van der Waals surface area contributed by atoms with Crippen LogP contribution in [0.5, 0.6) is 0 Å². The molecule has 0 N–H and O–H groups in total. The van der Waals surface area contributed by atoms with Crippen LogP contribution in [0.2, 0.25) is 0 Å². The highest BCUT2D eigenvalue weighted by Crippen LogP contribution is 2.20. The second-order valence-electron chi connectivity index (χ2n) is 6.29. The number of rotatable bonds is 4. The molecule has 0 atom stereocenters. The van der Waals surface area contributed by atoms with Gasteiger partial charge < -0.3 is 4.52 Å². The normalized spacial score (nSPS) is 18.4. The molecule has 4 rings (SSSR count).